The third kappa shape index (κ3) is 4.97. The van der Waals surface area contributed by atoms with Crippen molar-refractivity contribution >= 4 is 21.6 Å². The monoisotopic (exact) mass is 463 g/mol. The predicted molar refractivity (Wildman–Crippen MR) is 126 cm³/mol. The fourth-order valence-corrected chi connectivity index (χ4v) is 6.67. The van der Waals surface area contributed by atoms with E-state index in [-0.39, 0.29) is 16.8 Å². The summed E-state index contributed by atoms with van der Waals surface area (Å²) in [5, 5.41) is 3.26. The van der Waals surface area contributed by atoms with E-state index in [0.29, 0.717) is 43.7 Å². The first kappa shape index (κ1) is 23.5. The number of carbonyl (C=O) groups excluding carboxylic acids is 1. The second-order valence-corrected chi connectivity index (χ2v) is 11.5. The molecule has 0 bridgehead atoms. The third-order valence-corrected chi connectivity index (χ3v) is 9.44. The molecule has 2 saturated heterocycles. The molecule has 178 valence electrons. The average molecular weight is 464 g/mol. The van der Waals surface area contributed by atoms with E-state index in [1.807, 2.05) is 6.07 Å². The molecule has 1 aromatic rings. The van der Waals surface area contributed by atoms with Gasteiger partial charge in [-0.3, -0.25) is 4.79 Å². The molecule has 1 amide bonds. The van der Waals surface area contributed by atoms with Crippen LogP contribution < -0.4 is 10.2 Å². The smallest absolute Gasteiger partial charge is 0.253 e. The number of carbonyl (C=O) groups is 1. The Labute approximate surface area is 192 Å². The Bertz CT molecular complexity index is 908. The molecule has 1 aliphatic carbocycles. The Morgan fingerprint density at radius 2 is 1.72 bits per heavy atom. The minimum Gasteiger partial charge on any atom is -0.379 e. The van der Waals surface area contributed by atoms with Crippen LogP contribution in [0.3, 0.4) is 0 Å². The van der Waals surface area contributed by atoms with Gasteiger partial charge < -0.3 is 15.0 Å². The van der Waals surface area contributed by atoms with Gasteiger partial charge in [0, 0.05) is 37.9 Å². The molecule has 2 heterocycles. The van der Waals surface area contributed by atoms with Crippen molar-refractivity contribution in [3.8, 4) is 0 Å². The van der Waals surface area contributed by atoms with E-state index in [2.05, 4.69) is 24.1 Å². The van der Waals surface area contributed by atoms with Crippen LogP contribution in [-0.4, -0.2) is 64.1 Å². The summed E-state index contributed by atoms with van der Waals surface area (Å²) in [6, 6.07) is 5.22. The summed E-state index contributed by atoms with van der Waals surface area (Å²) < 4.78 is 33.3. The molecule has 0 spiro atoms. The van der Waals surface area contributed by atoms with E-state index in [0.717, 1.165) is 44.5 Å². The number of benzene rings is 1. The molecular weight excluding hydrogens is 426 g/mol. The molecule has 2 aliphatic heterocycles. The zero-order chi connectivity index (χ0) is 22.7. The lowest BCUT2D eigenvalue weighted by atomic mass is 9.78. The Morgan fingerprint density at radius 1 is 1.00 bits per heavy atom. The number of nitrogens with zero attached hydrogens (tertiary/aromatic N) is 2. The van der Waals surface area contributed by atoms with Crippen molar-refractivity contribution in [1.29, 1.82) is 0 Å². The zero-order valence-electron chi connectivity index (χ0n) is 19.4. The normalized spacial score (nSPS) is 27.8. The van der Waals surface area contributed by atoms with Crippen molar-refractivity contribution in [2.24, 2.45) is 11.8 Å². The number of sulfonamides is 1. The highest BCUT2D eigenvalue weighted by molar-refractivity contribution is 7.89. The zero-order valence-corrected chi connectivity index (χ0v) is 20.2. The van der Waals surface area contributed by atoms with Crippen molar-refractivity contribution in [3.05, 3.63) is 23.8 Å². The molecule has 8 heteroatoms. The Morgan fingerprint density at radius 3 is 2.44 bits per heavy atom. The van der Waals surface area contributed by atoms with E-state index < -0.39 is 10.0 Å². The van der Waals surface area contributed by atoms with Crippen molar-refractivity contribution in [1.82, 2.24) is 9.62 Å². The van der Waals surface area contributed by atoms with Crippen LogP contribution in [0.25, 0.3) is 0 Å². The van der Waals surface area contributed by atoms with Crippen LogP contribution in [-0.2, 0) is 14.8 Å². The number of amides is 1. The van der Waals surface area contributed by atoms with Gasteiger partial charge in [-0.2, -0.15) is 4.31 Å². The molecule has 0 radical (unpaired) electrons. The quantitative estimate of drug-likeness (QED) is 0.725. The van der Waals surface area contributed by atoms with Gasteiger partial charge in [0.1, 0.15) is 0 Å². The van der Waals surface area contributed by atoms with Gasteiger partial charge in [-0.05, 0) is 55.7 Å². The molecule has 0 aromatic heterocycles. The van der Waals surface area contributed by atoms with Crippen LogP contribution in [0.2, 0.25) is 0 Å². The maximum Gasteiger partial charge on any atom is 0.253 e. The number of hydrogen-bond donors (Lipinski definition) is 1. The van der Waals surface area contributed by atoms with Gasteiger partial charge in [0.25, 0.3) is 5.91 Å². The molecule has 3 fully saturated rings. The minimum absolute atomic E-state index is 0.125. The summed E-state index contributed by atoms with van der Waals surface area (Å²) in [5.41, 5.74) is 1.33. The highest BCUT2D eigenvalue weighted by Gasteiger charge is 2.32. The summed E-state index contributed by atoms with van der Waals surface area (Å²) in [6.45, 7) is 7.73. The average Bonchev–Trinajstić information content (AvgIpc) is 2.82. The molecule has 3 atom stereocenters. The van der Waals surface area contributed by atoms with Gasteiger partial charge >= 0.3 is 0 Å². The molecule has 3 unspecified atom stereocenters. The second-order valence-electron chi connectivity index (χ2n) is 9.59. The van der Waals surface area contributed by atoms with E-state index in [1.54, 1.807) is 12.1 Å². The van der Waals surface area contributed by atoms with E-state index in [4.69, 9.17) is 4.74 Å². The fourth-order valence-electron chi connectivity index (χ4n) is 5.24. The van der Waals surface area contributed by atoms with Gasteiger partial charge in [-0.1, -0.05) is 26.7 Å². The van der Waals surface area contributed by atoms with Gasteiger partial charge in [0.05, 0.1) is 23.7 Å². The number of morpholine rings is 1. The lowest BCUT2D eigenvalue weighted by molar-refractivity contribution is 0.0730. The highest BCUT2D eigenvalue weighted by atomic mass is 32.2. The van der Waals surface area contributed by atoms with E-state index >= 15 is 0 Å². The maximum atomic E-state index is 13.5. The fraction of sp³-hybridized carbons (Fsp3) is 0.708. The van der Waals surface area contributed by atoms with E-state index in [9.17, 15) is 13.2 Å². The van der Waals surface area contributed by atoms with Crippen LogP contribution in [0.5, 0.6) is 0 Å². The predicted octanol–water partition coefficient (Wildman–Crippen LogP) is 3.25. The maximum absolute atomic E-state index is 13.5. The molecule has 32 heavy (non-hydrogen) atoms. The lowest BCUT2D eigenvalue weighted by Crippen LogP contribution is -2.44. The van der Waals surface area contributed by atoms with Crippen LogP contribution in [0.15, 0.2) is 23.1 Å². The molecule has 4 rings (SSSR count). The first-order valence-electron chi connectivity index (χ1n) is 12.2. The number of rotatable bonds is 5. The number of piperidine rings is 1. The summed E-state index contributed by atoms with van der Waals surface area (Å²) in [4.78, 5) is 15.9. The minimum atomic E-state index is -3.66. The summed E-state index contributed by atoms with van der Waals surface area (Å²) >= 11 is 0. The van der Waals surface area contributed by atoms with Gasteiger partial charge in [0.15, 0.2) is 0 Å². The second kappa shape index (κ2) is 10.1. The third-order valence-electron chi connectivity index (χ3n) is 7.54. The van der Waals surface area contributed by atoms with Crippen molar-refractivity contribution in [2.45, 2.75) is 63.3 Å². The standard InChI is InChI=1S/C24H37N3O4S/c1-18-7-6-8-22(19(18)2)25-24(28)21-17-20(32(29,30)27-13-15-31-16-14-27)9-10-23(21)26-11-4-3-5-12-26/h9-10,17-19,22H,3-8,11-16H2,1-2H3,(H,25,28). The molecule has 1 aromatic carbocycles. The topological polar surface area (TPSA) is 79.0 Å². The lowest BCUT2D eigenvalue weighted by Gasteiger charge is -2.35. The number of ether oxygens (including phenoxy) is 1. The molecule has 1 saturated carbocycles. The van der Waals surface area contributed by atoms with Crippen LogP contribution in [0.4, 0.5) is 5.69 Å². The van der Waals surface area contributed by atoms with Crippen molar-refractivity contribution in [2.75, 3.05) is 44.3 Å². The van der Waals surface area contributed by atoms with E-state index in [1.165, 1.54) is 17.1 Å². The Hall–Kier alpha value is -1.64. The van der Waals surface area contributed by atoms with Gasteiger partial charge in [-0.15, -0.1) is 0 Å². The largest absolute Gasteiger partial charge is 0.379 e. The van der Waals surface area contributed by atoms with Gasteiger partial charge in [-0.25, -0.2) is 8.42 Å². The van der Waals surface area contributed by atoms with Crippen LogP contribution >= 0.6 is 0 Å². The highest BCUT2D eigenvalue weighted by Crippen LogP contribution is 2.32. The Kier molecular flexibility index (Phi) is 7.42. The number of anilines is 1. The van der Waals surface area contributed by atoms with Crippen molar-refractivity contribution in [3.63, 3.8) is 0 Å². The number of nitrogens with one attached hydrogen (secondary N) is 1. The molecule has 1 N–H and O–H groups in total. The first-order chi connectivity index (χ1) is 15.4. The van der Waals surface area contributed by atoms with Crippen molar-refractivity contribution < 1.29 is 17.9 Å². The SMILES string of the molecule is CC1CCCC(NC(=O)c2cc(S(=O)(=O)N3CCOCC3)ccc2N2CCCCC2)C1C. The van der Waals surface area contributed by atoms with Gasteiger partial charge in [0.2, 0.25) is 10.0 Å². The molecular formula is C24H37N3O4S. The summed E-state index contributed by atoms with van der Waals surface area (Å²) in [5.74, 6) is 0.825. The number of hydrogen-bond acceptors (Lipinski definition) is 5. The summed E-state index contributed by atoms with van der Waals surface area (Å²) in [7, 11) is -3.66. The molecule has 3 aliphatic rings. The first-order valence-corrected chi connectivity index (χ1v) is 13.6. The van der Waals surface area contributed by atoms with Crippen LogP contribution in [0, 0.1) is 11.8 Å². The summed E-state index contributed by atoms with van der Waals surface area (Å²) in [6.07, 6.45) is 6.65. The molecule has 7 nitrogen and oxygen atoms in total. The van der Waals surface area contributed by atoms with Crippen LogP contribution in [0.1, 0.15) is 62.7 Å². The Balaban J connectivity index is 1.65.